The van der Waals surface area contributed by atoms with Gasteiger partial charge in [0.25, 0.3) is 0 Å². The molecule has 1 nitrogen and oxygen atoms in total. The van der Waals surface area contributed by atoms with E-state index in [1.807, 2.05) is 0 Å². The summed E-state index contributed by atoms with van der Waals surface area (Å²) in [4.78, 5) is 0. The lowest BCUT2D eigenvalue weighted by Crippen LogP contribution is -1.93. The first-order chi connectivity index (χ1) is 6.57. The second-order valence-corrected chi connectivity index (χ2v) is 5.56. The first-order valence-electron chi connectivity index (χ1n) is 4.93. The van der Waals surface area contributed by atoms with E-state index < -0.39 is 0 Å². The van der Waals surface area contributed by atoms with Gasteiger partial charge in [0.1, 0.15) is 0 Å². The molecule has 76 valence electrons. The van der Waals surface area contributed by atoms with Crippen molar-refractivity contribution >= 4 is 15.9 Å². The van der Waals surface area contributed by atoms with E-state index in [2.05, 4.69) is 54.0 Å². The van der Waals surface area contributed by atoms with Gasteiger partial charge >= 0.3 is 0 Å². The average molecular weight is 255 g/mol. The van der Waals surface area contributed by atoms with Gasteiger partial charge in [0, 0.05) is 11.1 Å². The SMILES string of the molecule is CC1(C)C(CO)C1c1ccc(Br)cc1. The highest BCUT2D eigenvalue weighted by Crippen LogP contribution is 2.63. The van der Waals surface area contributed by atoms with Crippen LogP contribution in [0, 0.1) is 11.3 Å². The summed E-state index contributed by atoms with van der Waals surface area (Å²) in [5.41, 5.74) is 1.61. The van der Waals surface area contributed by atoms with Crippen molar-refractivity contribution in [1.29, 1.82) is 0 Å². The van der Waals surface area contributed by atoms with Crippen LogP contribution in [0.25, 0.3) is 0 Å². The van der Waals surface area contributed by atoms with Crippen molar-refractivity contribution in [1.82, 2.24) is 0 Å². The van der Waals surface area contributed by atoms with Crippen LogP contribution in [0.4, 0.5) is 0 Å². The third-order valence-electron chi connectivity index (χ3n) is 3.48. The summed E-state index contributed by atoms with van der Waals surface area (Å²) in [6.07, 6.45) is 0. The molecule has 0 heterocycles. The molecular formula is C12H15BrO. The number of aliphatic hydroxyl groups excluding tert-OH is 1. The van der Waals surface area contributed by atoms with Crippen LogP contribution in [0.5, 0.6) is 0 Å². The Labute approximate surface area is 93.3 Å². The van der Waals surface area contributed by atoms with Crippen molar-refractivity contribution < 1.29 is 5.11 Å². The Bertz CT molecular complexity index is 329. The minimum atomic E-state index is 0.266. The molecule has 1 aliphatic rings. The van der Waals surface area contributed by atoms with Crippen LogP contribution in [-0.2, 0) is 0 Å². The molecule has 0 radical (unpaired) electrons. The fourth-order valence-electron chi connectivity index (χ4n) is 2.42. The summed E-state index contributed by atoms with van der Waals surface area (Å²) in [5, 5.41) is 9.22. The zero-order valence-corrected chi connectivity index (χ0v) is 10.1. The Morgan fingerprint density at radius 2 is 1.86 bits per heavy atom. The standard InChI is InChI=1S/C12H15BrO/c1-12(2)10(7-14)11(12)8-3-5-9(13)6-4-8/h3-6,10-11,14H,7H2,1-2H3. The van der Waals surface area contributed by atoms with Crippen LogP contribution < -0.4 is 0 Å². The first-order valence-corrected chi connectivity index (χ1v) is 5.73. The summed E-state index contributed by atoms with van der Waals surface area (Å²) < 4.78 is 1.11. The summed E-state index contributed by atoms with van der Waals surface area (Å²) in [7, 11) is 0. The Hall–Kier alpha value is -0.340. The zero-order valence-electron chi connectivity index (χ0n) is 8.50. The summed E-state index contributed by atoms with van der Waals surface area (Å²) in [6.45, 7) is 4.74. The Morgan fingerprint density at radius 3 is 2.29 bits per heavy atom. The minimum Gasteiger partial charge on any atom is -0.396 e. The van der Waals surface area contributed by atoms with Gasteiger partial charge < -0.3 is 5.11 Å². The van der Waals surface area contributed by atoms with Crippen molar-refractivity contribution in [2.75, 3.05) is 6.61 Å². The van der Waals surface area contributed by atoms with Crippen molar-refractivity contribution in [3.63, 3.8) is 0 Å². The van der Waals surface area contributed by atoms with Crippen LogP contribution in [-0.4, -0.2) is 11.7 Å². The van der Waals surface area contributed by atoms with Gasteiger partial charge in [0.2, 0.25) is 0 Å². The van der Waals surface area contributed by atoms with Crippen LogP contribution in [0.2, 0.25) is 0 Å². The van der Waals surface area contributed by atoms with E-state index in [0.29, 0.717) is 18.4 Å². The molecule has 1 saturated carbocycles. The normalized spacial score (nSPS) is 28.9. The van der Waals surface area contributed by atoms with Crippen molar-refractivity contribution in [3.8, 4) is 0 Å². The summed E-state index contributed by atoms with van der Waals surface area (Å²) in [6, 6.07) is 8.43. The second-order valence-electron chi connectivity index (χ2n) is 4.64. The smallest absolute Gasteiger partial charge is 0.0470 e. The molecule has 0 aromatic heterocycles. The number of aliphatic hydroxyl groups is 1. The second kappa shape index (κ2) is 3.35. The monoisotopic (exact) mass is 254 g/mol. The molecule has 0 bridgehead atoms. The molecule has 2 atom stereocenters. The number of benzene rings is 1. The van der Waals surface area contributed by atoms with Crippen molar-refractivity contribution in [2.24, 2.45) is 11.3 Å². The van der Waals surface area contributed by atoms with Crippen molar-refractivity contribution in [3.05, 3.63) is 34.3 Å². The highest BCUT2D eigenvalue weighted by molar-refractivity contribution is 9.10. The summed E-state index contributed by atoms with van der Waals surface area (Å²) in [5.74, 6) is 0.962. The lowest BCUT2D eigenvalue weighted by Gasteiger charge is -2.02. The van der Waals surface area contributed by atoms with E-state index in [-0.39, 0.29) is 5.41 Å². The quantitative estimate of drug-likeness (QED) is 0.860. The molecule has 0 amide bonds. The van der Waals surface area contributed by atoms with Crippen LogP contribution in [0.3, 0.4) is 0 Å². The number of halogens is 1. The van der Waals surface area contributed by atoms with E-state index in [1.54, 1.807) is 0 Å². The van der Waals surface area contributed by atoms with Crippen LogP contribution in [0.1, 0.15) is 25.3 Å². The number of hydrogen-bond donors (Lipinski definition) is 1. The molecule has 14 heavy (non-hydrogen) atoms. The maximum absolute atomic E-state index is 9.22. The van der Waals surface area contributed by atoms with Gasteiger partial charge in [0.15, 0.2) is 0 Å². The van der Waals surface area contributed by atoms with E-state index >= 15 is 0 Å². The third kappa shape index (κ3) is 1.51. The molecule has 1 aromatic carbocycles. The lowest BCUT2D eigenvalue weighted by molar-refractivity contribution is 0.257. The molecule has 1 N–H and O–H groups in total. The highest BCUT2D eigenvalue weighted by atomic mass is 79.9. The molecule has 0 saturated heterocycles. The van der Waals surface area contributed by atoms with E-state index in [1.165, 1.54) is 5.56 Å². The molecule has 0 spiro atoms. The topological polar surface area (TPSA) is 20.2 Å². The predicted octanol–water partition coefficient (Wildman–Crippen LogP) is 3.18. The molecule has 1 fully saturated rings. The molecule has 1 aliphatic carbocycles. The number of rotatable bonds is 2. The molecule has 2 unspecified atom stereocenters. The fraction of sp³-hybridized carbons (Fsp3) is 0.500. The highest BCUT2D eigenvalue weighted by Gasteiger charge is 2.57. The molecule has 0 aliphatic heterocycles. The first kappa shape index (κ1) is 10.2. The van der Waals surface area contributed by atoms with Gasteiger partial charge in [-0.1, -0.05) is 41.9 Å². The van der Waals surface area contributed by atoms with Gasteiger partial charge in [-0.3, -0.25) is 0 Å². The largest absolute Gasteiger partial charge is 0.396 e. The number of hydrogen-bond acceptors (Lipinski definition) is 1. The van der Waals surface area contributed by atoms with E-state index in [4.69, 9.17) is 0 Å². The average Bonchev–Trinajstić information content (AvgIpc) is 2.69. The molecule has 2 rings (SSSR count). The van der Waals surface area contributed by atoms with Gasteiger partial charge in [0.05, 0.1) is 0 Å². The minimum absolute atomic E-state index is 0.266. The fourth-order valence-corrected chi connectivity index (χ4v) is 2.68. The van der Waals surface area contributed by atoms with Crippen LogP contribution in [0.15, 0.2) is 28.7 Å². The maximum atomic E-state index is 9.22. The summed E-state index contributed by atoms with van der Waals surface area (Å²) >= 11 is 3.43. The maximum Gasteiger partial charge on any atom is 0.0470 e. The van der Waals surface area contributed by atoms with Gasteiger partial charge in [-0.25, -0.2) is 0 Å². The third-order valence-corrected chi connectivity index (χ3v) is 4.00. The lowest BCUT2D eigenvalue weighted by atomic mass is 10.0. The Kier molecular flexibility index (Phi) is 2.44. The van der Waals surface area contributed by atoms with Gasteiger partial charge in [-0.05, 0) is 34.9 Å². The predicted molar refractivity (Wildman–Crippen MR) is 61.2 cm³/mol. The van der Waals surface area contributed by atoms with Gasteiger partial charge in [-0.2, -0.15) is 0 Å². The Morgan fingerprint density at radius 1 is 1.29 bits per heavy atom. The van der Waals surface area contributed by atoms with Crippen molar-refractivity contribution in [2.45, 2.75) is 19.8 Å². The molecule has 2 heteroatoms. The zero-order chi connectivity index (χ0) is 10.3. The Balaban J connectivity index is 2.22. The van der Waals surface area contributed by atoms with Crippen LogP contribution >= 0.6 is 15.9 Å². The van der Waals surface area contributed by atoms with E-state index in [9.17, 15) is 5.11 Å². The van der Waals surface area contributed by atoms with Gasteiger partial charge in [-0.15, -0.1) is 0 Å². The van der Waals surface area contributed by atoms with E-state index in [0.717, 1.165) is 4.47 Å². The molecule has 1 aromatic rings. The molecular weight excluding hydrogens is 240 g/mol.